The van der Waals surface area contributed by atoms with Crippen molar-refractivity contribution >= 4 is 34.3 Å². The molecule has 0 bridgehead atoms. The van der Waals surface area contributed by atoms with Crippen LogP contribution in [0.25, 0.3) is 10.9 Å². The largest absolute Gasteiger partial charge is 0.383 e. The second-order valence-corrected chi connectivity index (χ2v) is 8.33. The predicted molar refractivity (Wildman–Crippen MR) is 123 cm³/mol. The van der Waals surface area contributed by atoms with Crippen LogP contribution in [-0.4, -0.2) is 34.9 Å². The van der Waals surface area contributed by atoms with Crippen LogP contribution in [0.5, 0.6) is 0 Å². The highest BCUT2D eigenvalue weighted by atomic mass is 32.2. The number of fused-ring (bicyclic) bond motifs is 1. The number of ether oxygens (including phenoxy) is 1. The van der Waals surface area contributed by atoms with Crippen LogP contribution in [0.4, 0.5) is 5.69 Å². The molecule has 0 aliphatic rings. The number of carbonyl (C=O) groups is 1. The Labute approximate surface area is 180 Å². The molecule has 6 nitrogen and oxygen atoms in total. The highest BCUT2D eigenvalue weighted by molar-refractivity contribution is 7.99. The summed E-state index contributed by atoms with van der Waals surface area (Å²) in [6, 6.07) is 13.3. The fraction of sp³-hybridized carbons (Fsp3) is 0.348. The van der Waals surface area contributed by atoms with Crippen LogP contribution >= 0.6 is 11.8 Å². The lowest BCUT2D eigenvalue weighted by Gasteiger charge is -2.17. The summed E-state index contributed by atoms with van der Waals surface area (Å²) in [7, 11) is 1.59. The summed E-state index contributed by atoms with van der Waals surface area (Å²) < 4.78 is 6.73. The van der Waals surface area contributed by atoms with Gasteiger partial charge in [0.1, 0.15) is 0 Å². The standard InChI is InChI=1S/C23H27N3O3S/c1-15(2)17-10-7-8-16(3)21(17)25-20(27)14-30-23-24-19-11-6-5-9-18(19)22(28)26(23)12-13-29-4/h5-11,15H,12-14H2,1-4H3,(H,25,27). The van der Waals surface area contributed by atoms with Crippen LogP contribution in [0, 0.1) is 6.92 Å². The Bertz CT molecular complexity index is 1110. The van der Waals surface area contributed by atoms with Crippen molar-refractivity contribution in [3.05, 3.63) is 63.9 Å². The Morgan fingerprint density at radius 2 is 1.97 bits per heavy atom. The molecule has 0 spiro atoms. The molecule has 0 atom stereocenters. The van der Waals surface area contributed by atoms with Crippen LogP contribution in [0.3, 0.4) is 0 Å². The number of para-hydroxylation sites is 2. The van der Waals surface area contributed by atoms with Crippen molar-refractivity contribution in [2.75, 3.05) is 24.8 Å². The zero-order chi connectivity index (χ0) is 21.7. The highest BCUT2D eigenvalue weighted by Gasteiger charge is 2.15. The Morgan fingerprint density at radius 1 is 1.20 bits per heavy atom. The summed E-state index contributed by atoms with van der Waals surface area (Å²) in [5.74, 6) is 0.329. The Kier molecular flexibility index (Phi) is 7.29. The number of rotatable bonds is 8. The van der Waals surface area contributed by atoms with Crippen molar-refractivity contribution in [2.24, 2.45) is 0 Å². The van der Waals surface area contributed by atoms with E-state index in [1.807, 2.05) is 43.3 Å². The number of carbonyl (C=O) groups excluding carboxylic acids is 1. The molecule has 30 heavy (non-hydrogen) atoms. The van der Waals surface area contributed by atoms with Crippen LogP contribution in [0.2, 0.25) is 0 Å². The van der Waals surface area contributed by atoms with Gasteiger partial charge in [0.05, 0.1) is 29.8 Å². The smallest absolute Gasteiger partial charge is 0.262 e. The minimum absolute atomic E-state index is 0.124. The first-order valence-corrected chi connectivity index (χ1v) is 10.9. The third-order valence-corrected chi connectivity index (χ3v) is 5.85. The first-order valence-electron chi connectivity index (χ1n) is 9.93. The molecule has 0 fully saturated rings. The van der Waals surface area contributed by atoms with Gasteiger partial charge in [-0.15, -0.1) is 0 Å². The van der Waals surface area contributed by atoms with Gasteiger partial charge in [0, 0.05) is 12.8 Å². The minimum atomic E-state index is -0.128. The SMILES string of the molecule is COCCn1c(SCC(=O)Nc2c(C)cccc2C(C)C)nc2ccccc2c1=O. The normalized spacial score (nSPS) is 11.2. The lowest BCUT2D eigenvalue weighted by Crippen LogP contribution is -2.26. The van der Waals surface area contributed by atoms with Crippen LogP contribution in [0.1, 0.15) is 30.9 Å². The number of aryl methyl sites for hydroxylation is 1. The number of nitrogens with one attached hydrogen (secondary N) is 1. The molecule has 3 aromatic rings. The van der Waals surface area contributed by atoms with Crippen LogP contribution in [-0.2, 0) is 16.1 Å². The third kappa shape index (κ3) is 4.91. The number of benzene rings is 2. The monoisotopic (exact) mass is 425 g/mol. The fourth-order valence-corrected chi connectivity index (χ4v) is 4.11. The van der Waals surface area contributed by atoms with E-state index in [9.17, 15) is 9.59 Å². The average molecular weight is 426 g/mol. The van der Waals surface area contributed by atoms with E-state index in [2.05, 4.69) is 24.1 Å². The van der Waals surface area contributed by atoms with E-state index in [4.69, 9.17) is 4.74 Å². The number of thioether (sulfide) groups is 1. The molecule has 0 unspecified atom stereocenters. The van der Waals surface area contributed by atoms with Crippen molar-refractivity contribution in [1.82, 2.24) is 9.55 Å². The second-order valence-electron chi connectivity index (χ2n) is 7.39. The van der Waals surface area contributed by atoms with E-state index in [-0.39, 0.29) is 17.2 Å². The van der Waals surface area contributed by atoms with Crippen molar-refractivity contribution in [3.8, 4) is 0 Å². The van der Waals surface area contributed by atoms with Gasteiger partial charge in [0.2, 0.25) is 5.91 Å². The molecule has 3 rings (SSSR count). The summed E-state index contributed by atoms with van der Waals surface area (Å²) >= 11 is 1.26. The molecule has 7 heteroatoms. The molecule has 1 amide bonds. The minimum Gasteiger partial charge on any atom is -0.383 e. The number of hydrogen-bond acceptors (Lipinski definition) is 5. The Morgan fingerprint density at radius 3 is 2.70 bits per heavy atom. The van der Waals surface area contributed by atoms with E-state index in [1.165, 1.54) is 11.8 Å². The molecule has 1 aromatic heterocycles. The van der Waals surface area contributed by atoms with Gasteiger partial charge in [-0.25, -0.2) is 4.98 Å². The van der Waals surface area contributed by atoms with Gasteiger partial charge in [0.25, 0.3) is 5.56 Å². The van der Waals surface area contributed by atoms with E-state index < -0.39 is 0 Å². The van der Waals surface area contributed by atoms with Crippen molar-refractivity contribution in [3.63, 3.8) is 0 Å². The van der Waals surface area contributed by atoms with Gasteiger partial charge < -0.3 is 10.1 Å². The first-order chi connectivity index (χ1) is 14.4. The molecule has 1 N–H and O–H groups in total. The zero-order valence-corrected chi connectivity index (χ0v) is 18.6. The molecular formula is C23H27N3O3S. The van der Waals surface area contributed by atoms with Gasteiger partial charge in [0.15, 0.2) is 5.16 Å². The van der Waals surface area contributed by atoms with Crippen molar-refractivity contribution in [1.29, 1.82) is 0 Å². The van der Waals surface area contributed by atoms with E-state index >= 15 is 0 Å². The maximum Gasteiger partial charge on any atom is 0.262 e. The van der Waals surface area contributed by atoms with E-state index in [0.717, 1.165) is 16.8 Å². The molecule has 1 heterocycles. The second kappa shape index (κ2) is 9.91. The van der Waals surface area contributed by atoms with Gasteiger partial charge in [-0.05, 0) is 36.1 Å². The van der Waals surface area contributed by atoms with E-state index in [0.29, 0.717) is 35.1 Å². The molecule has 0 aliphatic carbocycles. The van der Waals surface area contributed by atoms with Crippen molar-refractivity contribution < 1.29 is 9.53 Å². The first kappa shape index (κ1) is 22.1. The average Bonchev–Trinajstić information content (AvgIpc) is 2.73. The molecule has 0 saturated heterocycles. The molecule has 0 radical (unpaired) electrons. The fourth-order valence-electron chi connectivity index (χ4n) is 3.29. The summed E-state index contributed by atoms with van der Waals surface area (Å²) in [4.78, 5) is 30.2. The summed E-state index contributed by atoms with van der Waals surface area (Å²) in [6.07, 6.45) is 0. The van der Waals surface area contributed by atoms with Gasteiger partial charge in [-0.1, -0.05) is 55.9 Å². The molecule has 158 valence electrons. The van der Waals surface area contributed by atoms with Gasteiger partial charge >= 0.3 is 0 Å². The predicted octanol–water partition coefficient (Wildman–Crippen LogP) is 4.21. The summed E-state index contributed by atoms with van der Waals surface area (Å²) in [5, 5.41) is 4.12. The Hall–Kier alpha value is -2.64. The molecule has 2 aromatic carbocycles. The number of anilines is 1. The third-order valence-electron chi connectivity index (χ3n) is 4.87. The molecule has 0 saturated carbocycles. The van der Waals surface area contributed by atoms with Gasteiger partial charge in [-0.3, -0.25) is 14.2 Å². The number of methoxy groups -OCH3 is 1. The molecular weight excluding hydrogens is 398 g/mol. The number of nitrogens with zero attached hydrogens (tertiary/aromatic N) is 2. The zero-order valence-electron chi connectivity index (χ0n) is 17.8. The molecule has 0 aliphatic heterocycles. The maximum atomic E-state index is 12.9. The maximum absolute atomic E-state index is 12.9. The number of hydrogen-bond donors (Lipinski definition) is 1. The van der Waals surface area contributed by atoms with Gasteiger partial charge in [-0.2, -0.15) is 0 Å². The summed E-state index contributed by atoms with van der Waals surface area (Å²) in [6.45, 7) is 6.97. The lowest BCUT2D eigenvalue weighted by molar-refractivity contribution is -0.113. The lowest BCUT2D eigenvalue weighted by atomic mass is 9.98. The summed E-state index contributed by atoms with van der Waals surface area (Å²) in [5.41, 5.74) is 3.50. The quantitative estimate of drug-likeness (QED) is 0.432. The van der Waals surface area contributed by atoms with Crippen LogP contribution < -0.4 is 10.9 Å². The Balaban J connectivity index is 1.83. The van der Waals surface area contributed by atoms with Crippen LogP contribution in [0.15, 0.2) is 52.4 Å². The number of amides is 1. The highest BCUT2D eigenvalue weighted by Crippen LogP contribution is 2.28. The topological polar surface area (TPSA) is 73.2 Å². The van der Waals surface area contributed by atoms with E-state index in [1.54, 1.807) is 17.7 Å². The van der Waals surface area contributed by atoms with Crippen molar-refractivity contribution in [2.45, 2.75) is 38.4 Å². The number of aromatic nitrogens is 2.